The van der Waals surface area contributed by atoms with Gasteiger partial charge in [-0.3, -0.25) is 4.79 Å². The monoisotopic (exact) mass is 432 g/mol. The van der Waals surface area contributed by atoms with Gasteiger partial charge in [-0.25, -0.2) is 13.8 Å². The molecule has 0 spiro atoms. The summed E-state index contributed by atoms with van der Waals surface area (Å²) >= 11 is 6.27. The predicted molar refractivity (Wildman–Crippen MR) is 109 cm³/mol. The first-order chi connectivity index (χ1) is 14.1. The minimum absolute atomic E-state index is 0.00639. The molecule has 2 N–H and O–H groups in total. The number of hydrogen-bond donors (Lipinski definition) is 2. The molecule has 2 aromatic carbocycles. The summed E-state index contributed by atoms with van der Waals surface area (Å²) in [4.78, 5) is 16.6. The Bertz CT molecular complexity index is 1080. The number of nitrogens with one attached hydrogen (secondary N) is 1. The van der Waals surface area contributed by atoms with E-state index in [0.717, 1.165) is 12.1 Å². The van der Waals surface area contributed by atoms with Crippen molar-refractivity contribution < 1.29 is 23.4 Å². The summed E-state index contributed by atoms with van der Waals surface area (Å²) in [5.74, 6) is -2.60. The Morgan fingerprint density at radius 1 is 1.17 bits per heavy atom. The fourth-order valence-electron chi connectivity index (χ4n) is 2.64. The second-order valence-electron chi connectivity index (χ2n) is 7.08. The van der Waals surface area contributed by atoms with Crippen LogP contribution in [-0.2, 0) is 12.1 Å². The highest BCUT2D eigenvalue weighted by Gasteiger charge is 2.18. The van der Waals surface area contributed by atoms with Crippen molar-refractivity contribution in [1.82, 2.24) is 10.3 Å². The van der Waals surface area contributed by atoms with Crippen LogP contribution in [0.1, 0.15) is 35.3 Å². The molecule has 0 fully saturated rings. The number of ether oxygens (including phenoxy) is 1. The Labute approximate surface area is 177 Å². The lowest BCUT2D eigenvalue weighted by Crippen LogP contribution is -2.24. The third-order valence-corrected chi connectivity index (χ3v) is 4.67. The quantitative estimate of drug-likeness (QED) is 0.577. The summed E-state index contributed by atoms with van der Waals surface area (Å²) in [6.45, 7) is 3.43. The lowest BCUT2D eigenvalue weighted by Gasteiger charge is -2.19. The van der Waals surface area contributed by atoms with E-state index in [2.05, 4.69) is 10.3 Å². The molecule has 3 aromatic rings. The average molecular weight is 433 g/mol. The number of amides is 1. The van der Waals surface area contributed by atoms with Gasteiger partial charge in [0.05, 0.1) is 5.60 Å². The van der Waals surface area contributed by atoms with E-state index in [4.69, 9.17) is 16.3 Å². The van der Waals surface area contributed by atoms with Crippen molar-refractivity contribution in [2.75, 3.05) is 0 Å². The maximum atomic E-state index is 13.4. The van der Waals surface area contributed by atoms with E-state index in [9.17, 15) is 18.7 Å². The zero-order valence-corrected chi connectivity index (χ0v) is 17.0. The normalized spacial score (nSPS) is 11.3. The standard InChI is InChI=1S/C22H19ClF2N2O3/c1-22(2,29)14-6-5-13(17(23)10-14)12-27-20(28)16-4-3-9-26-21(16)30-15-7-8-18(24)19(25)11-15/h3-11,29H,12H2,1-2H3,(H,27,28). The Morgan fingerprint density at radius 2 is 1.93 bits per heavy atom. The van der Waals surface area contributed by atoms with Gasteiger partial charge in [0.25, 0.3) is 5.91 Å². The lowest BCUT2D eigenvalue weighted by molar-refractivity contribution is 0.0785. The number of carbonyl (C=O) groups excluding carboxylic acids is 1. The van der Waals surface area contributed by atoms with E-state index in [1.54, 1.807) is 38.1 Å². The minimum Gasteiger partial charge on any atom is -0.438 e. The molecule has 0 saturated carbocycles. The fraction of sp³-hybridized carbons (Fsp3) is 0.182. The number of pyridine rings is 1. The van der Waals surface area contributed by atoms with E-state index in [-0.39, 0.29) is 23.7 Å². The number of carbonyl (C=O) groups is 1. The molecule has 1 aromatic heterocycles. The van der Waals surface area contributed by atoms with Crippen molar-refractivity contribution in [3.8, 4) is 11.6 Å². The largest absolute Gasteiger partial charge is 0.438 e. The van der Waals surface area contributed by atoms with Gasteiger partial charge in [-0.15, -0.1) is 0 Å². The second kappa shape index (κ2) is 8.77. The summed E-state index contributed by atoms with van der Waals surface area (Å²) in [6, 6.07) is 11.2. The highest BCUT2D eigenvalue weighted by atomic mass is 35.5. The van der Waals surface area contributed by atoms with Crippen molar-refractivity contribution in [3.05, 3.63) is 88.1 Å². The van der Waals surface area contributed by atoms with Gasteiger partial charge < -0.3 is 15.2 Å². The maximum absolute atomic E-state index is 13.4. The number of aromatic nitrogens is 1. The topological polar surface area (TPSA) is 71.5 Å². The zero-order chi connectivity index (χ0) is 21.9. The van der Waals surface area contributed by atoms with Crippen LogP contribution in [0.25, 0.3) is 0 Å². The fourth-order valence-corrected chi connectivity index (χ4v) is 2.89. The molecule has 156 valence electrons. The van der Waals surface area contributed by atoms with Crippen LogP contribution in [0.2, 0.25) is 5.02 Å². The molecule has 8 heteroatoms. The van der Waals surface area contributed by atoms with Crippen molar-refractivity contribution in [2.24, 2.45) is 0 Å². The molecule has 0 bridgehead atoms. The van der Waals surface area contributed by atoms with Crippen molar-refractivity contribution >= 4 is 17.5 Å². The Balaban J connectivity index is 1.74. The van der Waals surface area contributed by atoms with Crippen LogP contribution < -0.4 is 10.1 Å². The lowest BCUT2D eigenvalue weighted by atomic mass is 9.97. The summed E-state index contributed by atoms with van der Waals surface area (Å²) in [7, 11) is 0. The average Bonchev–Trinajstić information content (AvgIpc) is 2.69. The molecule has 3 rings (SSSR count). The van der Waals surface area contributed by atoms with Gasteiger partial charge >= 0.3 is 0 Å². The van der Waals surface area contributed by atoms with E-state index in [0.29, 0.717) is 16.1 Å². The van der Waals surface area contributed by atoms with Crippen LogP contribution in [0.5, 0.6) is 11.6 Å². The van der Waals surface area contributed by atoms with Crippen LogP contribution in [-0.4, -0.2) is 16.0 Å². The third-order valence-electron chi connectivity index (χ3n) is 4.32. The molecule has 0 radical (unpaired) electrons. The third kappa shape index (κ3) is 5.11. The van der Waals surface area contributed by atoms with Crippen molar-refractivity contribution in [3.63, 3.8) is 0 Å². The summed E-state index contributed by atoms with van der Waals surface area (Å²) in [5.41, 5.74) is 0.390. The Hall–Kier alpha value is -3.03. The molecule has 0 aliphatic rings. The first-order valence-electron chi connectivity index (χ1n) is 9.02. The van der Waals surface area contributed by atoms with Gasteiger partial charge in [-0.2, -0.15) is 0 Å². The Morgan fingerprint density at radius 3 is 2.60 bits per heavy atom. The molecule has 0 unspecified atom stereocenters. The molecule has 1 heterocycles. The maximum Gasteiger partial charge on any atom is 0.257 e. The molecular weight excluding hydrogens is 414 g/mol. The van der Waals surface area contributed by atoms with E-state index < -0.39 is 23.1 Å². The number of hydrogen-bond acceptors (Lipinski definition) is 4. The van der Waals surface area contributed by atoms with Gasteiger partial charge in [0.15, 0.2) is 11.6 Å². The van der Waals surface area contributed by atoms with Crippen LogP contribution in [0, 0.1) is 11.6 Å². The SMILES string of the molecule is CC(C)(O)c1ccc(CNC(=O)c2cccnc2Oc2ccc(F)c(F)c2)c(Cl)c1. The Kier molecular flexibility index (Phi) is 6.34. The van der Waals surface area contributed by atoms with Gasteiger partial charge in [0.1, 0.15) is 11.3 Å². The molecule has 0 aliphatic carbocycles. The summed E-state index contributed by atoms with van der Waals surface area (Å²) < 4.78 is 32.0. The number of rotatable bonds is 6. The minimum atomic E-state index is -1.07. The first kappa shape index (κ1) is 21.7. The van der Waals surface area contributed by atoms with Crippen molar-refractivity contribution in [1.29, 1.82) is 0 Å². The highest BCUT2D eigenvalue weighted by Crippen LogP contribution is 2.27. The molecule has 0 atom stereocenters. The summed E-state index contributed by atoms with van der Waals surface area (Å²) in [5, 5.41) is 13.2. The van der Waals surface area contributed by atoms with Gasteiger partial charge in [-0.05, 0) is 55.3 Å². The predicted octanol–water partition coefficient (Wildman–Crippen LogP) is 4.96. The molecule has 30 heavy (non-hydrogen) atoms. The molecule has 0 aliphatic heterocycles. The molecule has 5 nitrogen and oxygen atoms in total. The molecule has 1 amide bonds. The van der Waals surface area contributed by atoms with Crippen LogP contribution in [0.3, 0.4) is 0 Å². The highest BCUT2D eigenvalue weighted by molar-refractivity contribution is 6.31. The summed E-state index contributed by atoms with van der Waals surface area (Å²) in [6.07, 6.45) is 1.41. The van der Waals surface area contributed by atoms with E-state index in [1.165, 1.54) is 18.3 Å². The van der Waals surface area contributed by atoms with E-state index >= 15 is 0 Å². The number of aliphatic hydroxyl groups is 1. The van der Waals surface area contributed by atoms with Gasteiger partial charge in [0, 0.05) is 23.8 Å². The van der Waals surface area contributed by atoms with Crippen LogP contribution in [0.4, 0.5) is 8.78 Å². The number of nitrogens with zero attached hydrogens (tertiary/aromatic N) is 1. The second-order valence-corrected chi connectivity index (χ2v) is 7.49. The molecular formula is C22H19ClF2N2O3. The number of halogens is 3. The van der Waals surface area contributed by atoms with Crippen LogP contribution in [0.15, 0.2) is 54.7 Å². The number of benzene rings is 2. The smallest absolute Gasteiger partial charge is 0.257 e. The molecule has 0 saturated heterocycles. The first-order valence-corrected chi connectivity index (χ1v) is 9.40. The van der Waals surface area contributed by atoms with Crippen molar-refractivity contribution in [2.45, 2.75) is 26.0 Å². The van der Waals surface area contributed by atoms with E-state index in [1.807, 2.05) is 0 Å². The zero-order valence-electron chi connectivity index (χ0n) is 16.2. The van der Waals surface area contributed by atoms with Crippen LogP contribution >= 0.6 is 11.6 Å². The van der Waals surface area contributed by atoms with Gasteiger partial charge in [-0.1, -0.05) is 23.7 Å². The van der Waals surface area contributed by atoms with Gasteiger partial charge in [0.2, 0.25) is 5.88 Å².